The standard InChI is InChI=1S/C18H16ClN5O2/c1-24-5-2-15(23-24)18(25)22-9-13-7-12-6-11(8-14(19)17(12)26-13)16-10-20-3-4-21-16/h2-6,8,10,13H,7,9H2,1H3,(H,22,25)/t13-/m0/s1. The first kappa shape index (κ1) is 16.5. The lowest BCUT2D eigenvalue weighted by Gasteiger charge is -2.11. The third kappa shape index (κ3) is 3.25. The summed E-state index contributed by atoms with van der Waals surface area (Å²) < 4.78 is 7.50. The van der Waals surface area contributed by atoms with Crippen molar-refractivity contribution >= 4 is 17.5 Å². The number of hydrogen-bond donors (Lipinski definition) is 1. The summed E-state index contributed by atoms with van der Waals surface area (Å²) in [5.41, 5.74) is 3.02. The van der Waals surface area contributed by atoms with Gasteiger partial charge in [0.15, 0.2) is 0 Å². The van der Waals surface area contributed by atoms with Gasteiger partial charge >= 0.3 is 0 Å². The predicted octanol–water partition coefficient (Wildman–Crippen LogP) is 2.26. The van der Waals surface area contributed by atoms with Crippen LogP contribution in [0, 0.1) is 0 Å². The number of carbonyl (C=O) groups excluding carboxylic acids is 1. The second-order valence-electron chi connectivity index (χ2n) is 6.07. The number of benzene rings is 1. The lowest BCUT2D eigenvalue weighted by molar-refractivity contribution is 0.0928. The number of aromatic nitrogens is 4. The number of hydrogen-bond acceptors (Lipinski definition) is 5. The molecule has 0 aliphatic carbocycles. The van der Waals surface area contributed by atoms with Gasteiger partial charge in [-0.15, -0.1) is 0 Å². The Morgan fingerprint density at radius 1 is 1.42 bits per heavy atom. The summed E-state index contributed by atoms with van der Waals surface area (Å²) in [6.07, 6.45) is 7.17. The Hall–Kier alpha value is -2.93. The number of rotatable bonds is 4. The van der Waals surface area contributed by atoms with E-state index in [9.17, 15) is 4.79 Å². The fraction of sp³-hybridized carbons (Fsp3) is 0.222. The third-order valence-electron chi connectivity index (χ3n) is 4.15. The van der Waals surface area contributed by atoms with Gasteiger partial charge in [-0.2, -0.15) is 5.10 Å². The molecule has 2 aromatic heterocycles. The van der Waals surface area contributed by atoms with Gasteiger partial charge in [0, 0.05) is 43.2 Å². The van der Waals surface area contributed by atoms with Crippen molar-refractivity contribution in [3.63, 3.8) is 0 Å². The van der Waals surface area contributed by atoms with E-state index in [1.54, 1.807) is 42.6 Å². The van der Waals surface area contributed by atoms with Gasteiger partial charge in [-0.05, 0) is 18.2 Å². The van der Waals surface area contributed by atoms with Crippen LogP contribution in [0.5, 0.6) is 5.75 Å². The minimum atomic E-state index is -0.225. The third-order valence-corrected chi connectivity index (χ3v) is 4.43. The van der Waals surface area contributed by atoms with Crippen LogP contribution in [0.4, 0.5) is 0 Å². The molecular weight excluding hydrogens is 354 g/mol. The molecule has 3 heterocycles. The van der Waals surface area contributed by atoms with E-state index in [-0.39, 0.29) is 12.0 Å². The normalized spacial score (nSPS) is 15.4. The maximum atomic E-state index is 12.1. The number of fused-ring (bicyclic) bond motifs is 1. The van der Waals surface area contributed by atoms with Crippen molar-refractivity contribution in [3.05, 3.63) is 59.3 Å². The van der Waals surface area contributed by atoms with Crippen LogP contribution < -0.4 is 10.1 Å². The fourth-order valence-electron chi connectivity index (χ4n) is 2.93. The number of aryl methyl sites for hydroxylation is 1. The van der Waals surface area contributed by atoms with Crippen molar-refractivity contribution in [3.8, 4) is 17.0 Å². The van der Waals surface area contributed by atoms with Crippen LogP contribution in [0.25, 0.3) is 11.3 Å². The zero-order chi connectivity index (χ0) is 18.1. The minimum Gasteiger partial charge on any atom is -0.486 e. The van der Waals surface area contributed by atoms with E-state index in [2.05, 4.69) is 20.4 Å². The lowest BCUT2D eigenvalue weighted by atomic mass is 10.0. The Morgan fingerprint density at radius 2 is 2.31 bits per heavy atom. The van der Waals surface area contributed by atoms with Crippen molar-refractivity contribution in [2.75, 3.05) is 6.54 Å². The number of halogens is 1. The van der Waals surface area contributed by atoms with Crippen LogP contribution in [-0.2, 0) is 13.5 Å². The van der Waals surface area contributed by atoms with E-state index < -0.39 is 0 Å². The summed E-state index contributed by atoms with van der Waals surface area (Å²) in [7, 11) is 1.77. The number of ether oxygens (including phenoxy) is 1. The van der Waals surface area contributed by atoms with Gasteiger partial charge in [-0.1, -0.05) is 11.6 Å². The summed E-state index contributed by atoms with van der Waals surface area (Å²) in [4.78, 5) is 20.5. The summed E-state index contributed by atoms with van der Waals surface area (Å²) in [6.45, 7) is 0.376. The largest absolute Gasteiger partial charge is 0.486 e. The van der Waals surface area contributed by atoms with E-state index >= 15 is 0 Å². The minimum absolute atomic E-state index is 0.174. The van der Waals surface area contributed by atoms with Crippen LogP contribution >= 0.6 is 11.6 Å². The Morgan fingerprint density at radius 3 is 3.04 bits per heavy atom. The molecule has 0 spiro atoms. The molecule has 1 aliphatic heterocycles. The van der Waals surface area contributed by atoms with Crippen LogP contribution in [-0.4, -0.2) is 38.3 Å². The van der Waals surface area contributed by atoms with Crippen molar-refractivity contribution < 1.29 is 9.53 Å². The van der Waals surface area contributed by atoms with Crippen LogP contribution in [0.1, 0.15) is 16.1 Å². The van der Waals surface area contributed by atoms with E-state index in [1.165, 1.54) is 0 Å². The van der Waals surface area contributed by atoms with Crippen molar-refractivity contribution in [2.45, 2.75) is 12.5 Å². The summed E-state index contributed by atoms with van der Waals surface area (Å²) in [5.74, 6) is 0.438. The maximum absolute atomic E-state index is 12.1. The fourth-order valence-corrected chi connectivity index (χ4v) is 3.21. The Balaban J connectivity index is 1.45. The van der Waals surface area contributed by atoms with Gasteiger partial charge in [0.25, 0.3) is 5.91 Å². The average molecular weight is 370 g/mol. The van der Waals surface area contributed by atoms with E-state index in [1.807, 2.05) is 12.1 Å². The molecule has 8 heteroatoms. The molecule has 0 saturated heterocycles. The van der Waals surface area contributed by atoms with E-state index in [0.29, 0.717) is 29.4 Å². The molecule has 1 aromatic carbocycles. The summed E-state index contributed by atoms with van der Waals surface area (Å²) >= 11 is 6.38. The van der Waals surface area contributed by atoms with Gasteiger partial charge in [0.05, 0.1) is 23.5 Å². The molecule has 1 aliphatic rings. The van der Waals surface area contributed by atoms with Crippen LogP contribution in [0.15, 0.2) is 43.0 Å². The molecule has 0 radical (unpaired) electrons. The van der Waals surface area contributed by atoms with Gasteiger partial charge in [-0.3, -0.25) is 19.4 Å². The molecule has 0 bridgehead atoms. The van der Waals surface area contributed by atoms with Gasteiger partial charge in [-0.25, -0.2) is 0 Å². The zero-order valence-electron chi connectivity index (χ0n) is 14.0. The topological polar surface area (TPSA) is 81.9 Å². The van der Waals surface area contributed by atoms with Gasteiger partial charge in [0.2, 0.25) is 0 Å². The second kappa shape index (κ2) is 6.76. The molecule has 0 unspecified atom stereocenters. The number of nitrogens with one attached hydrogen (secondary N) is 1. The maximum Gasteiger partial charge on any atom is 0.271 e. The number of amides is 1. The first-order chi connectivity index (χ1) is 12.6. The molecule has 132 valence electrons. The molecule has 4 rings (SSSR count). The highest BCUT2D eigenvalue weighted by Crippen LogP contribution is 2.39. The highest BCUT2D eigenvalue weighted by molar-refractivity contribution is 6.32. The van der Waals surface area contributed by atoms with Crippen molar-refractivity contribution in [1.29, 1.82) is 0 Å². The number of carbonyl (C=O) groups is 1. The predicted molar refractivity (Wildman–Crippen MR) is 96.1 cm³/mol. The molecule has 1 N–H and O–H groups in total. The van der Waals surface area contributed by atoms with Crippen LogP contribution in [0.2, 0.25) is 5.02 Å². The summed E-state index contributed by atoms with van der Waals surface area (Å²) in [5, 5.41) is 7.46. The summed E-state index contributed by atoms with van der Waals surface area (Å²) in [6, 6.07) is 5.49. The molecule has 0 fully saturated rings. The molecule has 7 nitrogen and oxygen atoms in total. The van der Waals surface area contributed by atoms with Gasteiger partial charge < -0.3 is 10.1 Å². The molecule has 0 saturated carbocycles. The lowest BCUT2D eigenvalue weighted by Crippen LogP contribution is -2.34. The van der Waals surface area contributed by atoms with E-state index in [4.69, 9.17) is 16.3 Å². The van der Waals surface area contributed by atoms with Crippen LogP contribution in [0.3, 0.4) is 0 Å². The Bertz CT molecular complexity index is 957. The molecule has 1 atom stereocenters. The quantitative estimate of drug-likeness (QED) is 0.762. The monoisotopic (exact) mass is 369 g/mol. The molecular formula is C18H16ClN5O2. The molecule has 1 amide bonds. The first-order valence-electron chi connectivity index (χ1n) is 8.13. The molecule has 26 heavy (non-hydrogen) atoms. The zero-order valence-corrected chi connectivity index (χ0v) is 14.8. The second-order valence-corrected chi connectivity index (χ2v) is 6.47. The SMILES string of the molecule is Cn1ccc(C(=O)NC[C@@H]2Cc3cc(-c4cnccn4)cc(Cl)c3O2)n1. The van der Waals surface area contributed by atoms with Crippen molar-refractivity contribution in [1.82, 2.24) is 25.1 Å². The highest BCUT2D eigenvalue weighted by Gasteiger charge is 2.27. The van der Waals surface area contributed by atoms with Crippen molar-refractivity contribution in [2.24, 2.45) is 7.05 Å². The number of nitrogens with zero attached hydrogens (tertiary/aromatic N) is 4. The first-order valence-corrected chi connectivity index (χ1v) is 8.51. The highest BCUT2D eigenvalue weighted by atomic mass is 35.5. The molecule has 3 aromatic rings. The Labute approximate surface area is 155 Å². The smallest absolute Gasteiger partial charge is 0.271 e. The Kier molecular flexibility index (Phi) is 4.30. The van der Waals surface area contributed by atoms with Gasteiger partial charge in [0.1, 0.15) is 17.5 Å². The van der Waals surface area contributed by atoms with E-state index in [0.717, 1.165) is 16.8 Å². The average Bonchev–Trinajstić information content (AvgIpc) is 3.27.